The van der Waals surface area contributed by atoms with Gasteiger partial charge in [-0.05, 0) is 53.6 Å². The highest BCUT2D eigenvalue weighted by molar-refractivity contribution is 6.64. The molecule has 0 saturated carbocycles. The Bertz CT molecular complexity index is 251. The molecule has 0 aliphatic carbocycles. The number of hydrogen-bond acceptors (Lipinski definition) is 4. The minimum Gasteiger partial charge on any atom is -0.390 e. The van der Waals surface area contributed by atoms with E-state index in [0.29, 0.717) is 12.8 Å². The normalized spacial score (nSPS) is 17.4. The Morgan fingerprint density at radius 1 is 0.842 bits per heavy atom. The third-order valence-electron chi connectivity index (χ3n) is 3.40. The standard InChI is InChI=1S/C14H32O4Si/c1-9-11(15)13(3,4)17-19(7,8)18-14(5,6)12(16)10-2/h11-12,15-16H,9-10H2,1-8H3. The van der Waals surface area contributed by atoms with Gasteiger partial charge in [0, 0.05) is 0 Å². The van der Waals surface area contributed by atoms with Gasteiger partial charge in [-0.2, -0.15) is 0 Å². The summed E-state index contributed by atoms with van der Waals surface area (Å²) < 4.78 is 12.1. The second kappa shape index (κ2) is 6.67. The molecule has 4 nitrogen and oxygen atoms in total. The Labute approximate surface area is 119 Å². The molecule has 0 aromatic carbocycles. The van der Waals surface area contributed by atoms with Gasteiger partial charge < -0.3 is 19.1 Å². The highest BCUT2D eigenvalue weighted by Crippen LogP contribution is 2.29. The first-order valence-corrected chi connectivity index (χ1v) is 9.96. The predicted molar refractivity (Wildman–Crippen MR) is 80.4 cm³/mol. The molecule has 0 heterocycles. The monoisotopic (exact) mass is 292 g/mol. The van der Waals surface area contributed by atoms with Crippen LogP contribution in [-0.2, 0) is 8.85 Å². The van der Waals surface area contributed by atoms with Crippen LogP contribution in [-0.4, -0.2) is 42.2 Å². The van der Waals surface area contributed by atoms with Crippen LogP contribution in [0.5, 0.6) is 0 Å². The summed E-state index contributed by atoms with van der Waals surface area (Å²) in [6.45, 7) is 15.3. The van der Waals surface area contributed by atoms with E-state index in [1.54, 1.807) is 0 Å². The maximum atomic E-state index is 9.99. The first kappa shape index (κ1) is 19.1. The summed E-state index contributed by atoms with van der Waals surface area (Å²) in [5.41, 5.74) is -1.28. The summed E-state index contributed by atoms with van der Waals surface area (Å²) in [6, 6.07) is 0. The molecule has 0 fully saturated rings. The molecule has 0 saturated heterocycles. The second-order valence-corrected chi connectivity index (χ2v) is 9.87. The molecule has 0 amide bonds. The van der Waals surface area contributed by atoms with Gasteiger partial charge in [0.15, 0.2) is 0 Å². The van der Waals surface area contributed by atoms with Crippen molar-refractivity contribution >= 4 is 8.56 Å². The SMILES string of the molecule is CCC(O)C(C)(C)O[Si](C)(C)OC(C)(C)C(O)CC. The second-order valence-electron chi connectivity index (χ2n) is 6.66. The number of aliphatic hydroxyl groups excluding tert-OH is 2. The molecule has 2 N–H and O–H groups in total. The first-order valence-electron chi connectivity index (χ1n) is 7.14. The van der Waals surface area contributed by atoms with Crippen molar-refractivity contribution in [3.05, 3.63) is 0 Å². The van der Waals surface area contributed by atoms with Crippen LogP contribution in [0.2, 0.25) is 13.1 Å². The fourth-order valence-corrected chi connectivity index (χ4v) is 5.25. The Morgan fingerprint density at radius 3 is 1.32 bits per heavy atom. The molecule has 0 radical (unpaired) electrons. The summed E-state index contributed by atoms with van der Waals surface area (Å²) in [7, 11) is -2.45. The molecule has 2 atom stereocenters. The van der Waals surface area contributed by atoms with E-state index in [2.05, 4.69) is 0 Å². The molecule has 19 heavy (non-hydrogen) atoms. The lowest BCUT2D eigenvalue weighted by atomic mass is 10.0. The van der Waals surface area contributed by atoms with Gasteiger partial charge >= 0.3 is 8.56 Å². The van der Waals surface area contributed by atoms with Crippen molar-refractivity contribution in [2.45, 2.75) is 90.9 Å². The van der Waals surface area contributed by atoms with Gasteiger partial charge in [0.2, 0.25) is 0 Å². The Kier molecular flexibility index (Phi) is 6.69. The minimum absolute atomic E-state index is 0.526. The largest absolute Gasteiger partial charge is 0.390 e. The van der Waals surface area contributed by atoms with Gasteiger partial charge in [0.25, 0.3) is 0 Å². The summed E-state index contributed by atoms with van der Waals surface area (Å²) in [5.74, 6) is 0. The van der Waals surface area contributed by atoms with Crippen LogP contribution in [0.25, 0.3) is 0 Å². The number of aliphatic hydroxyl groups is 2. The molecule has 116 valence electrons. The van der Waals surface area contributed by atoms with Crippen LogP contribution in [0, 0.1) is 0 Å². The van der Waals surface area contributed by atoms with E-state index in [9.17, 15) is 10.2 Å². The van der Waals surface area contributed by atoms with E-state index in [0.717, 1.165) is 0 Å². The molecule has 2 unspecified atom stereocenters. The summed E-state index contributed by atoms with van der Waals surface area (Å²) in [5, 5.41) is 20.0. The van der Waals surface area contributed by atoms with Gasteiger partial charge in [-0.15, -0.1) is 0 Å². The lowest BCUT2D eigenvalue weighted by Crippen LogP contribution is -2.54. The Hall–Kier alpha value is 0.0569. The Balaban J connectivity index is 4.81. The zero-order valence-electron chi connectivity index (χ0n) is 13.8. The molecule has 5 heteroatoms. The number of rotatable bonds is 8. The summed E-state index contributed by atoms with van der Waals surface area (Å²) >= 11 is 0. The van der Waals surface area contributed by atoms with Crippen molar-refractivity contribution in [1.82, 2.24) is 0 Å². The van der Waals surface area contributed by atoms with Crippen molar-refractivity contribution in [1.29, 1.82) is 0 Å². The smallest absolute Gasteiger partial charge is 0.332 e. The summed E-state index contributed by atoms with van der Waals surface area (Å²) in [6.07, 6.45) is 0.223. The molecule has 0 rings (SSSR count). The van der Waals surface area contributed by atoms with Gasteiger partial charge in [-0.25, -0.2) is 0 Å². The van der Waals surface area contributed by atoms with Gasteiger partial charge in [0.1, 0.15) is 0 Å². The lowest BCUT2D eigenvalue weighted by molar-refractivity contribution is -0.0909. The van der Waals surface area contributed by atoms with Crippen LogP contribution in [0.3, 0.4) is 0 Å². The molecule has 0 spiro atoms. The first-order chi connectivity index (χ1) is 8.38. The average molecular weight is 292 g/mol. The number of hydrogen-bond donors (Lipinski definition) is 2. The minimum atomic E-state index is -2.45. The molecule has 0 aromatic rings. The molecular formula is C14H32O4Si. The molecule has 0 bridgehead atoms. The van der Waals surface area contributed by atoms with Crippen molar-refractivity contribution in [2.24, 2.45) is 0 Å². The maximum absolute atomic E-state index is 9.99. The topological polar surface area (TPSA) is 58.9 Å². The van der Waals surface area contributed by atoms with Crippen LogP contribution >= 0.6 is 0 Å². The third-order valence-corrected chi connectivity index (χ3v) is 5.43. The molecule has 0 aliphatic rings. The van der Waals surface area contributed by atoms with E-state index >= 15 is 0 Å². The highest BCUT2D eigenvalue weighted by atomic mass is 28.4. The van der Waals surface area contributed by atoms with E-state index in [1.807, 2.05) is 54.6 Å². The lowest BCUT2D eigenvalue weighted by Gasteiger charge is -2.42. The van der Waals surface area contributed by atoms with E-state index < -0.39 is 32.0 Å². The van der Waals surface area contributed by atoms with Crippen molar-refractivity contribution in [2.75, 3.05) is 0 Å². The van der Waals surface area contributed by atoms with E-state index in [4.69, 9.17) is 8.85 Å². The van der Waals surface area contributed by atoms with Crippen LogP contribution < -0.4 is 0 Å². The average Bonchev–Trinajstić information content (AvgIpc) is 2.23. The van der Waals surface area contributed by atoms with Gasteiger partial charge in [0.05, 0.1) is 23.4 Å². The predicted octanol–water partition coefficient (Wildman–Crippen LogP) is 2.82. The van der Waals surface area contributed by atoms with E-state index in [1.165, 1.54) is 0 Å². The van der Waals surface area contributed by atoms with Crippen molar-refractivity contribution < 1.29 is 19.1 Å². The maximum Gasteiger partial charge on any atom is 0.332 e. The highest BCUT2D eigenvalue weighted by Gasteiger charge is 2.42. The fraction of sp³-hybridized carbons (Fsp3) is 1.00. The van der Waals surface area contributed by atoms with Crippen LogP contribution in [0.1, 0.15) is 54.4 Å². The quantitative estimate of drug-likeness (QED) is 0.675. The third kappa shape index (κ3) is 5.91. The van der Waals surface area contributed by atoms with Crippen LogP contribution in [0.15, 0.2) is 0 Å². The zero-order valence-corrected chi connectivity index (χ0v) is 14.8. The summed E-state index contributed by atoms with van der Waals surface area (Å²) in [4.78, 5) is 0. The Morgan fingerprint density at radius 2 is 1.11 bits per heavy atom. The fourth-order valence-electron chi connectivity index (χ4n) is 2.41. The van der Waals surface area contributed by atoms with Gasteiger partial charge in [-0.1, -0.05) is 13.8 Å². The van der Waals surface area contributed by atoms with Crippen molar-refractivity contribution in [3.8, 4) is 0 Å². The van der Waals surface area contributed by atoms with Crippen LogP contribution in [0.4, 0.5) is 0 Å². The van der Waals surface area contributed by atoms with Gasteiger partial charge in [-0.3, -0.25) is 0 Å². The van der Waals surface area contributed by atoms with Crippen molar-refractivity contribution in [3.63, 3.8) is 0 Å². The molecule has 0 aliphatic heterocycles. The molecular weight excluding hydrogens is 260 g/mol. The molecule has 0 aromatic heterocycles. The van der Waals surface area contributed by atoms with E-state index in [-0.39, 0.29) is 0 Å². The zero-order chi connectivity index (χ0) is 15.5.